The molecule has 3 heteroatoms. The number of hydrogen-bond acceptors (Lipinski definition) is 2. The molecule has 0 radical (unpaired) electrons. The molecule has 2 aromatic rings. The molecule has 19 heavy (non-hydrogen) atoms. The Hall–Kier alpha value is -1.87. The zero-order chi connectivity index (χ0) is 13.5. The average molecular weight is 259 g/mol. The monoisotopic (exact) mass is 259 g/mol. The van der Waals surface area contributed by atoms with Crippen LogP contribution in [0.15, 0.2) is 54.6 Å². The van der Waals surface area contributed by atoms with Crippen LogP contribution in [0.25, 0.3) is 0 Å². The van der Waals surface area contributed by atoms with E-state index in [1.807, 2.05) is 18.2 Å². The molecule has 0 aromatic heterocycles. The first-order valence-electron chi connectivity index (χ1n) is 6.43. The molecule has 0 aliphatic rings. The maximum atomic E-state index is 13.0. The Labute approximate surface area is 113 Å². The minimum Gasteiger partial charge on any atom is -0.493 e. The molecule has 0 spiro atoms. The van der Waals surface area contributed by atoms with E-state index in [2.05, 4.69) is 12.1 Å². The van der Waals surface area contributed by atoms with Gasteiger partial charge in [-0.2, -0.15) is 0 Å². The SMILES string of the molecule is NCC(CCOc1cccc(F)c1)c1ccccc1. The average Bonchev–Trinajstić information content (AvgIpc) is 2.45. The van der Waals surface area contributed by atoms with Crippen LogP contribution in [0.3, 0.4) is 0 Å². The van der Waals surface area contributed by atoms with Crippen LogP contribution in [0.2, 0.25) is 0 Å². The van der Waals surface area contributed by atoms with E-state index in [-0.39, 0.29) is 11.7 Å². The van der Waals surface area contributed by atoms with E-state index in [1.54, 1.807) is 12.1 Å². The largest absolute Gasteiger partial charge is 0.493 e. The van der Waals surface area contributed by atoms with Gasteiger partial charge in [0.1, 0.15) is 11.6 Å². The summed E-state index contributed by atoms with van der Waals surface area (Å²) in [7, 11) is 0. The zero-order valence-electron chi connectivity index (χ0n) is 10.8. The molecule has 2 nitrogen and oxygen atoms in total. The van der Waals surface area contributed by atoms with Crippen LogP contribution in [-0.2, 0) is 0 Å². The van der Waals surface area contributed by atoms with Crippen LogP contribution in [-0.4, -0.2) is 13.2 Å². The first kappa shape index (κ1) is 13.6. The fourth-order valence-corrected chi connectivity index (χ4v) is 2.02. The lowest BCUT2D eigenvalue weighted by Crippen LogP contribution is -2.15. The highest BCUT2D eigenvalue weighted by Gasteiger charge is 2.09. The summed E-state index contributed by atoms with van der Waals surface area (Å²) < 4.78 is 18.5. The maximum absolute atomic E-state index is 13.0. The van der Waals surface area contributed by atoms with E-state index in [0.717, 1.165) is 6.42 Å². The third kappa shape index (κ3) is 4.07. The van der Waals surface area contributed by atoms with E-state index < -0.39 is 0 Å². The van der Waals surface area contributed by atoms with Crippen molar-refractivity contribution in [2.24, 2.45) is 5.73 Å². The first-order valence-corrected chi connectivity index (χ1v) is 6.43. The van der Waals surface area contributed by atoms with Gasteiger partial charge < -0.3 is 10.5 Å². The van der Waals surface area contributed by atoms with E-state index in [0.29, 0.717) is 18.9 Å². The summed E-state index contributed by atoms with van der Waals surface area (Å²) in [5.74, 6) is 0.550. The summed E-state index contributed by atoms with van der Waals surface area (Å²) in [6.07, 6.45) is 0.816. The summed E-state index contributed by atoms with van der Waals surface area (Å²) in [6, 6.07) is 16.3. The Balaban J connectivity index is 1.87. The number of halogens is 1. The molecular formula is C16H18FNO. The van der Waals surface area contributed by atoms with Gasteiger partial charge in [0.25, 0.3) is 0 Å². The lowest BCUT2D eigenvalue weighted by Gasteiger charge is -2.15. The van der Waals surface area contributed by atoms with Crippen LogP contribution in [0.5, 0.6) is 5.75 Å². The molecule has 2 aromatic carbocycles. The Morgan fingerprint density at radius 2 is 1.84 bits per heavy atom. The van der Waals surface area contributed by atoms with Crippen LogP contribution >= 0.6 is 0 Å². The summed E-state index contributed by atoms with van der Waals surface area (Å²) >= 11 is 0. The van der Waals surface area contributed by atoms with Crippen LogP contribution in [0.4, 0.5) is 4.39 Å². The predicted octanol–water partition coefficient (Wildman–Crippen LogP) is 3.34. The molecule has 0 bridgehead atoms. The molecule has 0 aliphatic heterocycles. The van der Waals surface area contributed by atoms with Crippen molar-refractivity contribution in [2.45, 2.75) is 12.3 Å². The number of ether oxygens (including phenoxy) is 1. The Morgan fingerprint density at radius 3 is 2.53 bits per heavy atom. The number of benzene rings is 2. The maximum Gasteiger partial charge on any atom is 0.126 e. The van der Waals surface area contributed by atoms with Gasteiger partial charge in [-0.1, -0.05) is 36.4 Å². The molecule has 2 N–H and O–H groups in total. The van der Waals surface area contributed by atoms with Crippen molar-refractivity contribution in [3.63, 3.8) is 0 Å². The molecule has 0 amide bonds. The van der Waals surface area contributed by atoms with E-state index >= 15 is 0 Å². The number of nitrogens with two attached hydrogens (primary N) is 1. The molecule has 0 aliphatic carbocycles. The lowest BCUT2D eigenvalue weighted by atomic mass is 9.96. The highest BCUT2D eigenvalue weighted by molar-refractivity contribution is 5.23. The molecule has 100 valence electrons. The molecule has 0 heterocycles. The Kier molecular flexibility index (Phi) is 4.93. The van der Waals surface area contributed by atoms with Crippen molar-refractivity contribution in [3.8, 4) is 5.75 Å². The highest BCUT2D eigenvalue weighted by Crippen LogP contribution is 2.19. The van der Waals surface area contributed by atoms with Crippen molar-refractivity contribution < 1.29 is 9.13 Å². The Bertz CT molecular complexity index is 501. The molecule has 0 fully saturated rings. The van der Waals surface area contributed by atoms with E-state index in [4.69, 9.17) is 10.5 Å². The smallest absolute Gasteiger partial charge is 0.126 e. The van der Waals surface area contributed by atoms with E-state index in [1.165, 1.54) is 17.7 Å². The number of hydrogen-bond donors (Lipinski definition) is 1. The predicted molar refractivity (Wildman–Crippen MR) is 74.7 cm³/mol. The Morgan fingerprint density at radius 1 is 1.05 bits per heavy atom. The second-order valence-electron chi connectivity index (χ2n) is 4.44. The van der Waals surface area contributed by atoms with Gasteiger partial charge in [0, 0.05) is 6.07 Å². The van der Waals surface area contributed by atoms with Crippen LogP contribution < -0.4 is 10.5 Å². The molecule has 2 rings (SSSR count). The normalized spacial score (nSPS) is 12.1. The summed E-state index contributed by atoms with van der Waals surface area (Å²) in [5.41, 5.74) is 7.01. The fraction of sp³-hybridized carbons (Fsp3) is 0.250. The summed E-state index contributed by atoms with van der Waals surface area (Å²) in [5, 5.41) is 0. The van der Waals surface area contributed by atoms with Crippen LogP contribution in [0.1, 0.15) is 17.9 Å². The molecular weight excluding hydrogens is 241 g/mol. The lowest BCUT2D eigenvalue weighted by molar-refractivity contribution is 0.297. The summed E-state index contributed by atoms with van der Waals surface area (Å²) in [6.45, 7) is 1.11. The second kappa shape index (κ2) is 6.90. The van der Waals surface area contributed by atoms with Crippen molar-refractivity contribution in [1.82, 2.24) is 0 Å². The first-order chi connectivity index (χ1) is 9.29. The van der Waals surface area contributed by atoms with Gasteiger partial charge in [-0.05, 0) is 36.6 Å². The second-order valence-corrected chi connectivity index (χ2v) is 4.44. The number of rotatable bonds is 6. The van der Waals surface area contributed by atoms with Crippen molar-refractivity contribution in [3.05, 3.63) is 66.0 Å². The van der Waals surface area contributed by atoms with Gasteiger partial charge in [0.2, 0.25) is 0 Å². The third-order valence-electron chi connectivity index (χ3n) is 3.09. The van der Waals surface area contributed by atoms with Gasteiger partial charge >= 0.3 is 0 Å². The van der Waals surface area contributed by atoms with Crippen LogP contribution in [0, 0.1) is 5.82 Å². The zero-order valence-corrected chi connectivity index (χ0v) is 10.8. The molecule has 1 unspecified atom stereocenters. The van der Waals surface area contributed by atoms with Crippen molar-refractivity contribution in [2.75, 3.05) is 13.2 Å². The summed E-state index contributed by atoms with van der Waals surface area (Å²) in [4.78, 5) is 0. The molecule has 0 saturated carbocycles. The molecule has 1 atom stereocenters. The fourth-order valence-electron chi connectivity index (χ4n) is 2.02. The standard InChI is InChI=1S/C16H18FNO/c17-15-7-4-8-16(11-15)19-10-9-14(12-18)13-5-2-1-3-6-13/h1-8,11,14H,9-10,12,18H2. The van der Waals surface area contributed by atoms with Gasteiger partial charge in [-0.3, -0.25) is 0 Å². The van der Waals surface area contributed by atoms with Crippen molar-refractivity contribution in [1.29, 1.82) is 0 Å². The third-order valence-corrected chi connectivity index (χ3v) is 3.09. The van der Waals surface area contributed by atoms with Gasteiger partial charge in [0.15, 0.2) is 0 Å². The minimum absolute atomic E-state index is 0.273. The van der Waals surface area contributed by atoms with Crippen molar-refractivity contribution >= 4 is 0 Å². The van der Waals surface area contributed by atoms with Gasteiger partial charge in [-0.15, -0.1) is 0 Å². The minimum atomic E-state index is -0.282. The topological polar surface area (TPSA) is 35.2 Å². The molecule has 0 saturated heterocycles. The highest BCUT2D eigenvalue weighted by atomic mass is 19.1. The van der Waals surface area contributed by atoms with E-state index in [9.17, 15) is 4.39 Å². The quantitative estimate of drug-likeness (QED) is 0.863. The van der Waals surface area contributed by atoms with Gasteiger partial charge in [-0.25, -0.2) is 4.39 Å². The van der Waals surface area contributed by atoms with Gasteiger partial charge in [0.05, 0.1) is 6.61 Å².